The number of aromatic nitrogens is 1. The van der Waals surface area contributed by atoms with Gasteiger partial charge in [-0.05, 0) is 70.1 Å². The molecule has 7 nitrogen and oxygen atoms in total. The molecule has 1 atom stereocenters. The highest BCUT2D eigenvalue weighted by molar-refractivity contribution is 5.88. The zero-order valence-corrected chi connectivity index (χ0v) is 19.7. The number of nitrogens with zero attached hydrogens (tertiary/aromatic N) is 3. The molecule has 2 heterocycles. The molecule has 0 bridgehead atoms. The van der Waals surface area contributed by atoms with Crippen LogP contribution in [0.15, 0.2) is 48.7 Å². The number of hydrogen-bond acceptors (Lipinski definition) is 5. The van der Waals surface area contributed by atoms with E-state index in [1.54, 1.807) is 16.0 Å². The lowest BCUT2D eigenvalue weighted by molar-refractivity contribution is 0.0576. The molecule has 2 aliphatic rings. The Kier molecular flexibility index (Phi) is 6.86. The molecule has 7 heteroatoms. The zero-order valence-electron chi connectivity index (χ0n) is 19.7. The molecule has 0 radical (unpaired) electrons. The maximum Gasteiger partial charge on any atom is 0.416 e. The molecule has 1 aromatic heterocycles. The van der Waals surface area contributed by atoms with Gasteiger partial charge in [-0.1, -0.05) is 36.4 Å². The average Bonchev–Trinajstić information content (AvgIpc) is 3.63. The van der Waals surface area contributed by atoms with Gasteiger partial charge in [0.1, 0.15) is 18.0 Å². The fourth-order valence-electron chi connectivity index (χ4n) is 4.11. The summed E-state index contributed by atoms with van der Waals surface area (Å²) in [6, 6.07) is 13.6. The van der Waals surface area contributed by atoms with Crippen LogP contribution in [-0.2, 0) is 16.1 Å². The van der Waals surface area contributed by atoms with E-state index >= 15 is 0 Å². The molecule has 1 aliphatic carbocycles. The molecule has 2 amide bonds. The minimum absolute atomic E-state index is 0.0838. The van der Waals surface area contributed by atoms with Crippen molar-refractivity contribution in [3.8, 4) is 0 Å². The molecule has 1 saturated carbocycles. The van der Waals surface area contributed by atoms with E-state index < -0.39 is 5.60 Å². The Morgan fingerprint density at radius 3 is 2.45 bits per heavy atom. The number of carbonyl (C=O) groups is 2. The Bertz CT molecular complexity index is 952. The van der Waals surface area contributed by atoms with Gasteiger partial charge < -0.3 is 14.4 Å². The quantitative estimate of drug-likeness (QED) is 0.570. The molecule has 1 aliphatic heterocycles. The average molecular weight is 452 g/mol. The van der Waals surface area contributed by atoms with Gasteiger partial charge in [0.2, 0.25) is 0 Å². The molecule has 1 saturated heterocycles. The lowest BCUT2D eigenvalue weighted by Gasteiger charge is -2.35. The molecule has 0 unspecified atom stereocenters. The van der Waals surface area contributed by atoms with Crippen LogP contribution in [0.5, 0.6) is 0 Å². The summed E-state index contributed by atoms with van der Waals surface area (Å²) in [5, 5.41) is 0. The van der Waals surface area contributed by atoms with Gasteiger partial charge in [0.05, 0.1) is 6.04 Å². The first kappa shape index (κ1) is 23.1. The van der Waals surface area contributed by atoms with Crippen molar-refractivity contribution in [2.45, 2.75) is 77.2 Å². The molecular formula is C26H33N3O4. The van der Waals surface area contributed by atoms with Crippen LogP contribution in [0.1, 0.15) is 70.0 Å². The Hall–Kier alpha value is -3.09. The van der Waals surface area contributed by atoms with Gasteiger partial charge in [-0.15, -0.1) is 0 Å². The summed E-state index contributed by atoms with van der Waals surface area (Å²) in [7, 11) is 0. The monoisotopic (exact) mass is 451 g/mol. The number of likely N-dealkylation sites (tertiary alicyclic amines) is 1. The smallest absolute Gasteiger partial charge is 0.416 e. The fourth-order valence-corrected chi connectivity index (χ4v) is 4.11. The van der Waals surface area contributed by atoms with E-state index in [4.69, 9.17) is 9.47 Å². The van der Waals surface area contributed by atoms with Gasteiger partial charge in [0.15, 0.2) is 0 Å². The maximum absolute atomic E-state index is 12.9. The minimum Gasteiger partial charge on any atom is -0.445 e. The van der Waals surface area contributed by atoms with Crippen LogP contribution in [0, 0.1) is 0 Å². The molecule has 33 heavy (non-hydrogen) atoms. The lowest BCUT2D eigenvalue weighted by Crippen LogP contribution is -2.39. The van der Waals surface area contributed by atoms with Crippen LogP contribution >= 0.6 is 0 Å². The molecular weight excluding hydrogens is 418 g/mol. The number of rotatable bonds is 5. The second-order valence-electron chi connectivity index (χ2n) is 9.78. The predicted octanol–water partition coefficient (Wildman–Crippen LogP) is 5.85. The van der Waals surface area contributed by atoms with Crippen LogP contribution in [0.3, 0.4) is 0 Å². The van der Waals surface area contributed by atoms with Crippen molar-refractivity contribution in [2.24, 2.45) is 0 Å². The second-order valence-corrected chi connectivity index (χ2v) is 9.78. The third-order valence-corrected chi connectivity index (χ3v) is 5.85. The number of hydrogen-bond donors (Lipinski definition) is 0. The molecule has 1 aromatic carbocycles. The lowest BCUT2D eigenvalue weighted by atomic mass is 9.97. The predicted molar refractivity (Wildman–Crippen MR) is 126 cm³/mol. The summed E-state index contributed by atoms with van der Waals surface area (Å²) in [5.74, 6) is 0.588. The van der Waals surface area contributed by atoms with E-state index in [9.17, 15) is 9.59 Å². The van der Waals surface area contributed by atoms with Crippen LogP contribution in [0.2, 0.25) is 0 Å². The summed E-state index contributed by atoms with van der Waals surface area (Å²) < 4.78 is 11.2. The molecule has 2 aromatic rings. The Balaban J connectivity index is 1.45. The molecule has 4 rings (SSSR count). The third-order valence-electron chi connectivity index (χ3n) is 5.85. The standard InChI is InChI=1S/C26H33N3O4/c1-26(2,3)33-25(31)29(21-13-14-21)23-15-12-20(17-27-23)22-11-7-8-16-28(22)24(30)32-18-19-9-5-4-6-10-19/h4-6,9-10,12,15,17,21-22H,7-8,11,13-14,16,18H2,1-3H3/t22-/m1/s1. The van der Waals surface area contributed by atoms with Gasteiger partial charge in [-0.2, -0.15) is 0 Å². The first-order valence-electron chi connectivity index (χ1n) is 11.8. The van der Waals surface area contributed by atoms with Crippen LogP contribution in [0.25, 0.3) is 0 Å². The van der Waals surface area contributed by atoms with E-state index in [-0.39, 0.29) is 30.9 Å². The van der Waals surface area contributed by atoms with Gasteiger partial charge in [0, 0.05) is 18.8 Å². The van der Waals surface area contributed by atoms with Crippen molar-refractivity contribution < 1.29 is 19.1 Å². The maximum atomic E-state index is 12.9. The topological polar surface area (TPSA) is 72.0 Å². The van der Waals surface area contributed by atoms with Crippen molar-refractivity contribution in [3.05, 3.63) is 59.8 Å². The van der Waals surface area contributed by atoms with Crippen molar-refractivity contribution in [3.63, 3.8) is 0 Å². The zero-order chi connectivity index (χ0) is 23.4. The van der Waals surface area contributed by atoms with E-state index in [1.165, 1.54) is 0 Å². The van der Waals surface area contributed by atoms with Gasteiger partial charge >= 0.3 is 12.2 Å². The number of piperidine rings is 1. The molecule has 176 valence electrons. The van der Waals surface area contributed by atoms with Crippen LogP contribution in [0.4, 0.5) is 15.4 Å². The van der Waals surface area contributed by atoms with Crippen LogP contribution < -0.4 is 4.90 Å². The first-order chi connectivity index (χ1) is 15.8. The largest absolute Gasteiger partial charge is 0.445 e. The van der Waals surface area contributed by atoms with E-state index in [1.807, 2.05) is 63.2 Å². The normalized spacial score (nSPS) is 18.5. The van der Waals surface area contributed by atoms with E-state index in [0.29, 0.717) is 12.4 Å². The van der Waals surface area contributed by atoms with E-state index in [2.05, 4.69) is 4.98 Å². The van der Waals surface area contributed by atoms with Crippen molar-refractivity contribution in [2.75, 3.05) is 11.4 Å². The summed E-state index contributed by atoms with van der Waals surface area (Å²) >= 11 is 0. The number of amides is 2. The Morgan fingerprint density at radius 1 is 1.06 bits per heavy atom. The molecule has 0 spiro atoms. The fraction of sp³-hybridized carbons (Fsp3) is 0.500. The Morgan fingerprint density at radius 2 is 1.82 bits per heavy atom. The number of anilines is 1. The second kappa shape index (κ2) is 9.81. The van der Waals surface area contributed by atoms with Gasteiger partial charge in [-0.3, -0.25) is 4.90 Å². The number of ether oxygens (including phenoxy) is 2. The first-order valence-corrected chi connectivity index (χ1v) is 11.8. The summed E-state index contributed by atoms with van der Waals surface area (Å²) in [5.41, 5.74) is 1.36. The third kappa shape index (κ3) is 6.03. The SMILES string of the molecule is CC(C)(C)OC(=O)N(c1ccc([C@H]2CCCCN2C(=O)OCc2ccccc2)cn1)C1CC1. The van der Waals surface area contributed by atoms with Crippen molar-refractivity contribution in [1.82, 2.24) is 9.88 Å². The summed E-state index contributed by atoms with van der Waals surface area (Å²) in [6.45, 7) is 6.50. The highest BCUT2D eigenvalue weighted by Crippen LogP contribution is 2.35. The number of carbonyl (C=O) groups excluding carboxylic acids is 2. The summed E-state index contributed by atoms with van der Waals surface area (Å²) in [4.78, 5) is 33.7. The molecule has 0 N–H and O–H groups in total. The highest BCUT2D eigenvalue weighted by Gasteiger charge is 2.37. The number of pyridine rings is 1. The van der Waals surface area contributed by atoms with Crippen LogP contribution in [-0.4, -0.2) is 40.3 Å². The minimum atomic E-state index is -0.563. The van der Waals surface area contributed by atoms with Crippen molar-refractivity contribution in [1.29, 1.82) is 0 Å². The number of benzene rings is 1. The summed E-state index contributed by atoms with van der Waals surface area (Å²) in [6.07, 6.45) is 5.87. The van der Waals surface area contributed by atoms with Gasteiger partial charge in [0.25, 0.3) is 0 Å². The van der Waals surface area contributed by atoms with Crippen molar-refractivity contribution >= 4 is 18.0 Å². The van der Waals surface area contributed by atoms with E-state index in [0.717, 1.165) is 43.2 Å². The van der Waals surface area contributed by atoms with Gasteiger partial charge in [-0.25, -0.2) is 14.6 Å². The molecule has 2 fully saturated rings. The Labute approximate surface area is 195 Å². The highest BCUT2D eigenvalue weighted by atomic mass is 16.6.